The Labute approximate surface area is 122 Å². The van der Waals surface area contributed by atoms with Crippen LogP contribution in [-0.2, 0) is 0 Å². The second-order valence-electron chi connectivity index (χ2n) is 5.40. The summed E-state index contributed by atoms with van der Waals surface area (Å²) in [5.41, 5.74) is 8.47. The van der Waals surface area contributed by atoms with Crippen LogP contribution in [0.3, 0.4) is 0 Å². The second-order valence-corrected chi connectivity index (χ2v) is 5.40. The van der Waals surface area contributed by atoms with Crippen LogP contribution in [0, 0.1) is 0 Å². The smallest absolute Gasteiger partial charge is 0.164 e. The summed E-state index contributed by atoms with van der Waals surface area (Å²) in [6, 6.07) is 6.18. The predicted octanol–water partition coefficient (Wildman–Crippen LogP) is 2.59. The van der Waals surface area contributed by atoms with Crippen LogP contribution in [0.15, 0.2) is 30.7 Å². The Morgan fingerprint density at radius 2 is 1.95 bits per heavy atom. The Morgan fingerprint density at radius 3 is 2.71 bits per heavy atom. The SMILES string of the molecule is Nc1ncnc2c1c(-c1ccccn1)nn2C1CCCC1. The second kappa shape index (κ2) is 4.80. The minimum atomic E-state index is 0.402. The molecule has 1 fully saturated rings. The molecule has 0 aliphatic heterocycles. The minimum Gasteiger partial charge on any atom is -0.383 e. The number of fused-ring (bicyclic) bond motifs is 1. The third-order valence-electron chi connectivity index (χ3n) is 4.10. The molecule has 6 heteroatoms. The Balaban J connectivity index is 1.98. The highest BCUT2D eigenvalue weighted by Gasteiger charge is 2.24. The van der Waals surface area contributed by atoms with Gasteiger partial charge in [-0.3, -0.25) is 4.98 Å². The molecule has 3 aromatic rings. The largest absolute Gasteiger partial charge is 0.383 e. The summed E-state index contributed by atoms with van der Waals surface area (Å²) in [6.07, 6.45) is 8.03. The molecule has 0 aromatic carbocycles. The first-order valence-electron chi connectivity index (χ1n) is 7.24. The number of hydrogen-bond donors (Lipinski definition) is 1. The number of anilines is 1. The van der Waals surface area contributed by atoms with E-state index in [4.69, 9.17) is 10.8 Å². The first-order chi connectivity index (χ1) is 10.3. The van der Waals surface area contributed by atoms with E-state index in [0.29, 0.717) is 11.9 Å². The van der Waals surface area contributed by atoms with Crippen LogP contribution in [0.25, 0.3) is 22.4 Å². The molecule has 0 radical (unpaired) electrons. The zero-order valence-electron chi connectivity index (χ0n) is 11.6. The molecule has 0 unspecified atom stereocenters. The number of nitrogens with two attached hydrogens (primary N) is 1. The molecule has 0 spiro atoms. The highest BCUT2D eigenvalue weighted by Crippen LogP contribution is 2.35. The molecular weight excluding hydrogens is 264 g/mol. The molecule has 3 heterocycles. The van der Waals surface area contributed by atoms with Gasteiger partial charge < -0.3 is 5.73 Å². The fourth-order valence-electron chi connectivity index (χ4n) is 3.08. The Hall–Kier alpha value is -2.50. The Kier molecular flexibility index (Phi) is 2.80. The lowest BCUT2D eigenvalue weighted by Gasteiger charge is -2.09. The van der Waals surface area contributed by atoms with E-state index in [9.17, 15) is 0 Å². The van der Waals surface area contributed by atoms with Crippen LogP contribution in [0.2, 0.25) is 0 Å². The minimum absolute atomic E-state index is 0.402. The normalized spacial score (nSPS) is 15.8. The zero-order chi connectivity index (χ0) is 14.2. The van der Waals surface area contributed by atoms with Gasteiger partial charge in [0.2, 0.25) is 0 Å². The van der Waals surface area contributed by atoms with Crippen molar-refractivity contribution in [1.82, 2.24) is 24.7 Å². The van der Waals surface area contributed by atoms with E-state index in [-0.39, 0.29) is 0 Å². The van der Waals surface area contributed by atoms with E-state index >= 15 is 0 Å². The quantitative estimate of drug-likeness (QED) is 0.780. The lowest BCUT2D eigenvalue weighted by Crippen LogP contribution is -2.07. The molecule has 2 N–H and O–H groups in total. The maximum absolute atomic E-state index is 6.07. The standard InChI is InChI=1S/C15H16N6/c16-14-12-13(11-7-3-4-8-17-11)20-21(10-5-1-2-6-10)15(12)19-9-18-14/h3-4,7-10H,1-2,5-6H2,(H2,16,18,19). The summed E-state index contributed by atoms with van der Waals surface area (Å²) in [7, 11) is 0. The average Bonchev–Trinajstić information content (AvgIpc) is 3.16. The number of pyridine rings is 1. The molecule has 0 atom stereocenters. The fourth-order valence-corrected chi connectivity index (χ4v) is 3.08. The molecule has 1 aliphatic rings. The summed E-state index contributed by atoms with van der Waals surface area (Å²) in [5.74, 6) is 0.463. The van der Waals surface area contributed by atoms with E-state index in [1.807, 2.05) is 22.9 Å². The van der Waals surface area contributed by atoms with Gasteiger partial charge in [-0.05, 0) is 25.0 Å². The van der Waals surface area contributed by atoms with Crippen LogP contribution >= 0.6 is 0 Å². The third-order valence-corrected chi connectivity index (χ3v) is 4.10. The first-order valence-corrected chi connectivity index (χ1v) is 7.24. The molecule has 21 heavy (non-hydrogen) atoms. The van der Waals surface area contributed by atoms with E-state index in [2.05, 4.69) is 15.0 Å². The van der Waals surface area contributed by atoms with Crippen molar-refractivity contribution in [2.24, 2.45) is 0 Å². The number of aromatic nitrogens is 5. The molecule has 0 saturated heterocycles. The molecule has 4 rings (SSSR count). The van der Waals surface area contributed by atoms with Crippen LogP contribution < -0.4 is 5.73 Å². The van der Waals surface area contributed by atoms with Gasteiger partial charge in [-0.2, -0.15) is 5.10 Å². The van der Waals surface area contributed by atoms with Gasteiger partial charge >= 0.3 is 0 Å². The average molecular weight is 280 g/mol. The molecular formula is C15H16N6. The molecule has 106 valence electrons. The number of nitrogens with zero attached hydrogens (tertiary/aromatic N) is 5. The topological polar surface area (TPSA) is 82.5 Å². The van der Waals surface area contributed by atoms with Gasteiger partial charge in [-0.25, -0.2) is 14.6 Å². The number of hydrogen-bond acceptors (Lipinski definition) is 5. The van der Waals surface area contributed by atoms with Crippen molar-refractivity contribution in [1.29, 1.82) is 0 Å². The fraction of sp³-hybridized carbons (Fsp3) is 0.333. The third kappa shape index (κ3) is 1.94. The van der Waals surface area contributed by atoms with Crippen molar-refractivity contribution in [3.05, 3.63) is 30.7 Å². The Morgan fingerprint density at radius 1 is 1.10 bits per heavy atom. The molecule has 0 amide bonds. The van der Waals surface area contributed by atoms with Crippen LogP contribution in [0.1, 0.15) is 31.7 Å². The highest BCUT2D eigenvalue weighted by atomic mass is 15.3. The van der Waals surface area contributed by atoms with Gasteiger partial charge in [0.1, 0.15) is 17.8 Å². The van der Waals surface area contributed by atoms with Gasteiger partial charge in [0.05, 0.1) is 17.1 Å². The lowest BCUT2D eigenvalue weighted by molar-refractivity contribution is 0.479. The molecule has 1 saturated carbocycles. The van der Waals surface area contributed by atoms with E-state index in [1.165, 1.54) is 19.2 Å². The van der Waals surface area contributed by atoms with Gasteiger partial charge in [0, 0.05) is 6.20 Å². The number of rotatable bonds is 2. The van der Waals surface area contributed by atoms with E-state index in [0.717, 1.165) is 35.3 Å². The van der Waals surface area contributed by atoms with Crippen molar-refractivity contribution < 1.29 is 0 Å². The van der Waals surface area contributed by atoms with Gasteiger partial charge in [0.25, 0.3) is 0 Å². The molecule has 0 bridgehead atoms. The first kappa shape index (κ1) is 12.3. The van der Waals surface area contributed by atoms with Crippen molar-refractivity contribution in [2.75, 3.05) is 5.73 Å². The highest BCUT2D eigenvalue weighted by molar-refractivity contribution is 5.97. The van der Waals surface area contributed by atoms with E-state index in [1.54, 1.807) is 6.20 Å². The zero-order valence-corrected chi connectivity index (χ0v) is 11.6. The summed E-state index contributed by atoms with van der Waals surface area (Å²) in [6.45, 7) is 0. The summed E-state index contributed by atoms with van der Waals surface area (Å²) < 4.78 is 2.02. The maximum atomic E-state index is 6.07. The van der Waals surface area contributed by atoms with Crippen LogP contribution in [-0.4, -0.2) is 24.7 Å². The van der Waals surface area contributed by atoms with Crippen LogP contribution in [0.5, 0.6) is 0 Å². The predicted molar refractivity (Wildman–Crippen MR) is 80.5 cm³/mol. The van der Waals surface area contributed by atoms with Crippen molar-refractivity contribution >= 4 is 16.9 Å². The van der Waals surface area contributed by atoms with Crippen molar-refractivity contribution in [3.8, 4) is 11.4 Å². The molecule has 6 nitrogen and oxygen atoms in total. The van der Waals surface area contributed by atoms with Gasteiger partial charge in [-0.15, -0.1) is 0 Å². The van der Waals surface area contributed by atoms with Gasteiger partial charge in [0.15, 0.2) is 5.65 Å². The monoisotopic (exact) mass is 280 g/mol. The summed E-state index contributed by atoms with van der Waals surface area (Å²) >= 11 is 0. The van der Waals surface area contributed by atoms with Crippen molar-refractivity contribution in [2.45, 2.75) is 31.7 Å². The molecule has 1 aliphatic carbocycles. The van der Waals surface area contributed by atoms with Gasteiger partial charge in [-0.1, -0.05) is 18.9 Å². The summed E-state index contributed by atoms with van der Waals surface area (Å²) in [5, 5.41) is 5.58. The molecule has 3 aromatic heterocycles. The van der Waals surface area contributed by atoms with E-state index < -0.39 is 0 Å². The maximum Gasteiger partial charge on any atom is 0.164 e. The van der Waals surface area contributed by atoms with Crippen LogP contribution in [0.4, 0.5) is 5.82 Å². The lowest BCUT2D eigenvalue weighted by atomic mass is 10.2. The number of nitrogen functional groups attached to an aromatic ring is 1. The summed E-state index contributed by atoms with van der Waals surface area (Å²) in [4.78, 5) is 12.9. The van der Waals surface area contributed by atoms with Crippen molar-refractivity contribution in [3.63, 3.8) is 0 Å². The Bertz CT molecular complexity index is 773.